The largest absolute Gasteiger partial charge is 0.410 e. The van der Waals surface area contributed by atoms with Gasteiger partial charge in [0, 0.05) is 25.4 Å². The molecule has 26 heavy (non-hydrogen) atoms. The molecule has 0 radical (unpaired) electrons. The van der Waals surface area contributed by atoms with E-state index in [0.717, 1.165) is 5.57 Å². The number of aliphatic hydroxyl groups is 1. The summed E-state index contributed by atoms with van der Waals surface area (Å²) in [6.07, 6.45) is 3.54. The van der Waals surface area contributed by atoms with Gasteiger partial charge >= 0.3 is 0 Å². The number of ether oxygens (including phenoxy) is 2. The number of methoxy groups -OCH3 is 2. The quantitative estimate of drug-likeness (QED) is 0.581. The Kier molecular flexibility index (Phi) is 6.05. The number of rotatable bonds is 5. The van der Waals surface area contributed by atoms with Crippen molar-refractivity contribution in [3.63, 3.8) is 0 Å². The van der Waals surface area contributed by atoms with Gasteiger partial charge in [-0.3, -0.25) is 4.79 Å². The maximum Gasteiger partial charge on any atom is 0.211 e. The first kappa shape index (κ1) is 21.5. The molecule has 0 aromatic carbocycles. The summed E-state index contributed by atoms with van der Waals surface area (Å²) in [7, 11) is 1.04. The van der Waals surface area contributed by atoms with Crippen molar-refractivity contribution in [3.05, 3.63) is 23.3 Å². The zero-order valence-corrected chi connectivity index (χ0v) is 18.4. The first-order valence-electron chi connectivity index (χ1n) is 9.32. The number of hydrogen-bond donors (Lipinski definition) is 1. The van der Waals surface area contributed by atoms with Crippen LogP contribution < -0.4 is 0 Å². The second-order valence-electron chi connectivity index (χ2n) is 8.97. The minimum atomic E-state index is -2.10. The van der Waals surface area contributed by atoms with E-state index in [1.807, 2.05) is 0 Å². The molecule has 0 aromatic heterocycles. The van der Waals surface area contributed by atoms with Gasteiger partial charge in [-0.05, 0) is 56.0 Å². The van der Waals surface area contributed by atoms with Crippen LogP contribution in [0.4, 0.5) is 0 Å². The lowest BCUT2D eigenvalue weighted by Crippen LogP contribution is -2.50. The van der Waals surface area contributed by atoms with E-state index in [9.17, 15) is 9.90 Å². The van der Waals surface area contributed by atoms with E-state index < -0.39 is 20.2 Å². The van der Waals surface area contributed by atoms with E-state index in [0.29, 0.717) is 18.4 Å². The molecule has 0 spiro atoms. The number of aliphatic hydroxyl groups excluding tert-OH is 1. The molecule has 148 valence electrons. The first-order valence-corrected chi connectivity index (χ1v) is 12.2. The van der Waals surface area contributed by atoms with Crippen LogP contribution >= 0.6 is 0 Å². The molecule has 2 aliphatic carbocycles. The summed E-state index contributed by atoms with van der Waals surface area (Å²) < 4.78 is 18.0. The Morgan fingerprint density at radius 2 is 1.85 bits per heavy atom. The van der Waals surface area contributed by atoms with Crippen LogP contribution in [0.3, 0.4) is 0 Å². The van der Waals surface area contributed by atoms with Crippen LogP contribution in [0.15, 0.2) is 23.3 Å². The Morgan fingerprint density at radius 3 is 2.31 bits per heavy atom. The molecule has 0 heterocycles. The fourth-order valence-electron chi connectivity index (χ4n) is 3.53. The fraction of sp³-hybridized carbons (Fsp3) is 0.750. The van der Waals surface area contributed by atoms with Crippen molar-refractivity contribution in [2.75, 3.05) is 14.2 Å². The second kappa shape index (κ2) is 7.32. The van der Waals surface area contributed by atoms with E-state index in [1.165, 1.54) is 6.08 Å². The van der Waals surface area contributed by atoms with Crippen LogP contribution in [0.1, 0.15) is 40.5 Å². The van der Waals surface area contributed by atoms with Crippen molar-refractivity contribution < 1.29 is 23.8 Å². The zero-order chi connectivity index (χ0) is 19.9. The van der Waals surface area contributed by atoms with Crippen molar-refractivity contribution in [2.24, 2.45) is 5.92 Å². The fourth-order valence-corrected chi connectivity index (χ4v) is 4.81. The van der Waals surface area contributed by atoms with Crippen molar-refractivity contribution in [1.82, 2.24) is 0 Å². The maximum absolute atomic E-state index is 12.8. The summed E-state index contributed by atoms with van der Waals surface area (Å²) in [4.78, 5) is 12.8. The van der Waals surface area contributed by atoms with E-state index >= 15 is 0 Å². The smallest absolute Gasteiger partial charge is 0.211 e. The van der Waals surface area contributed by atoms with Crippen molar-refractivity contribution in [2.45, 2.75) is 76.7 Å². The molecule has 0 saturated carbocycles. The highest BCUT2D eigenvalue weighted by atomic mass is 28.4. The van der Waals surface area contributed by atoms with Gasteiger partial charge in [-0.15, -0.1) is 0 Å². The molecular weight excluding hydrogens is 348 g/mol. The average Bonchev–Trinajstić information content (AvgIpc) is 2.54. The van der Waals surface area contributed by atoms with Crippen molar-refractivity contribution in [3.8, 4) is 0 Å². The first-order chi connectivity index (χ1) is 11.9. The highest BCUT2D eigenvalue weighted by molar-refractivity contribution is 6.74. The Labute approximate surface area is 158 Å². The molecule has 1 N–H and O–H groups in total. The summed E-state index contributed by atoms with van der Waals surface area (Å²) in [5.74, 6) is -1.11. The molecule has 2 rings (SSSR count). The molecule has 0 fully saturated rings. The average molecular weight is 383 g/mol. The maximum atomic E-state index is 12.8. The molecule has 1 unspecified atom stereocenters. The summed E-state index contributed by atoms with van der Waals surface area (Å²) in [6.45, 7) is 12.7. The SMILES string of the molecule is COC1(OC)C=CC(=O)C2=C1C[C@H](C(C)O)C[C@H]2O[Si](C)(C)C(C)(C)C. The lowest BCUT2D eigenvalue weighted by atomic mass is 9.73. The van der Waals surface area contributed by atoms with Crippen molar-refractivity contribution >= 4 is 14.1 Å². The van der Waals surface area contributed by atoms with Crippen LogP contribution in [-0.2, 0) is 18.7 Å². The minimum absolute atomic E-state index is 0.00695. The molecule has 2 aliphatic rings. The van der Waals surface area contributed by atoms with Gasteiger partial charge < -0.3 is 19.0 Å². The summed E-state index contributed by atoms with van der Waals surface area (Å²) >= 11 is 0. The predicted molar refractivity (Wildman–Crippen MR) is 104 cm³/mol. The monoisotopic (exact) mass is 382 g/mol. The van der Waals surface area contributed by atoms with Crippen LogP contribution in [0.25, 0.3) is 0 Å². The van der Waals surface area contributed by atoms with Gasteiger partial charge in [-0.25, -0.2) is 0 Å². The van der Waals surface area contributed by atoms with Crippen LogP contribution in [0, 0.1) is 5.92 Å². The van der Waals surface area contributed by atoms with Gasteiger partial charge in [0.05, 0.1) is 12.2 Å². The third kappa shape index (κ3) is 3.75. The van der Waals surface area contributed by atoms with Crippen LogP contribution in [0.2, 0.25) is 18.1 Å². The number of hydrogen-bond acceptors (Lipinski definition) is 5. The number of carbonyl (C=O) groups excluding carboxylic acids is 1. The van der Waals surface area contributed by atoms with Crippen LogP contribution in [-0.4, -0.2) is 51.4 Å². The Morgan fingerprint density at radius 1 is 1.27 bits per heavy atom. The van der Waals surface area contributed by atoms with Gasteiger partial charge in [-0.2, -0.15) is 0 Å². The Bertz CT molecular complexity index is 608. The summed E-state index contributed by atoms with van der Waals surface area (Å²) in [5, 5.41) is 10.3. The molecule has 5 nitrogen and oxygen atoms in total. The number of ketones is 1. The lowest BCUT2D eigenvalue weighted by Gasteiger charge is -2.46. The Balaban J connectivity index is 2.54. The molecule has 0 saturated heterocycles. The van der Waals surface area contributed by atoms with E-state index in [4.69, 9.17) is 13.9 Å². The van der Waals surface area contributed by atoms with E-state index in [2.05, 4.69) is 33.9 Å². The van der Waals surface area contributed by atoms with Gasteiger partial charge in [0.1, 0.15) is 0 Å². The van der Waals surface area contributed by atoms with Gasteiger partial charge in [0.15, 0.2) is 14.1 Å². The third-order valence-electron chi connectivity index (χ3n) is 6.30. The molecule has 6 heteroatoms. The topological polar surface area (TPSA) is 65.0 Å². The summed E-state index contributed by atoms with van der Waals surface area (Å²) in [6, 6.07) is 0. The standard InChI is InChI=1S/C20H34O5Si/c1-13(21)14-11-15-18(16(22)9-10-20(15,23-5)24-6)17(12-14)25-26(7,8)19(2,3)4/h9-10,13-14,17,21H,11-12H2,1-8H3/t13?,14-,17+/m0/s1. The van der Waals surface area contributed by atoms with E-state index in [1.54, 1.807) is 27.2 Å². The molecule has 3 atom stereocenters. The van der Waals surface area contributed by atoms with Crippen LogP contribution in [0.5, 0.6) is 0 Å². The van der Waals surface area contributed by atoms with Gasteiger partial charge in [0.2, 0.25) is 5.79 Å². The molecule has 0 amide bonds. The highest BCUT2D eigenvalue weighted by Crippen LogP contribution is 2.46. The highest BCUT2D eigenvalue weighted by Gasteiger charge is 2.48. The van der Waals surface area contributed by atoms with Gasteiger partial charge in [0.25, 0.3) is 0 Å². The zero-order valence-electron chi connectivity index (χ0n) is 17.4. The predicted octanol–water partition coefficient (Wildman–Crippen LogP) is 3.59. The molecule has 0 aromatic rings. The molecular formula is C20H34O5Si. The molecule has 0 aliphatic heterocycles. The normalized spacial score (nSPS) is 27.5. The lowest BCUT2D eigenvalue weighted by molar-refractivity contribution is -0.151. The van der Waals surface area contributed by atoms with E-state index in [-0.39, 0.29) is 22.8 Å². The third-order valence-corrected chi connectivity index (χ3v) is 10.8. The van der Waals surface area contributed by atoms with Crippen molar-refractivity contribution in [1.29, 1.82) is 0 Å². The Hall–Kier alpha value is -0.793. The summed E-state index contributed by atoms with van der Waals surface area (Å²) in [5.41, 5.74) is 1.44. The van der Waals surface area contributed by atoms with Gasteiger partial charge in [-0.1, -0.05) is 20.8 Å². The minimum Gasteiger partial charge on any atom is -0.410 e. The molecule has 0 bridgehead atoms. The second-order valence-corrected chi connectivity index (χ2v) is 13.7. The number of allylic oxidation sites excluding steroid dienone is 1. The number of carbonyl (C=O) groups is 1.